The minimum absolute atomic E-state index is 0.0377. The van der Waals surface area contributed by atoms with E-state index in [1.165, 1.54) is 29.2 Å². The zero-order valence-electron chi connectivity index (χ0n) is 14.1. The van der Waals surface area contributed by atoms with Gasteiger partial charge in [-0.15, -0.1) is 0 Å². The van der Waals surface area contributed by atoms with E-state index in [0.717, 1.165) is 12.1 Å². The van der Waals surface area contributed by atoms with Crippen LogP contribution in [-0.4, -0.2) is 12.5 Å². The maximum atomic E-state index is 13.4. The summed E-state index contributed by atoms with van der Waals surface area (Å²) in [6.07, 6.45) is -1.35. The third-order valence-electron chi connectivity index (χ3n) is 3.71. The number of anilines is 1. The van der Waals surface area contributed by atoms with Crippen LogP contribution in [0.3, 0.4) is 0 Å². The molecule has 144 valence electrons. The van der Waals surface area contributed by atoms with Crippen molar-refractivity contribution in [1.29, 1.82) is 0 Å². The zero-order valence-corrected chi connectivity index (χ0v) is 16.4. The Morgan fingerprint density at radius 2 is 1.96 bits per heavy atom. The predicted molar refractivity (Wildman–Crippen MR) is 102 cm³/mol. The van der Waals surface area contributed by atoms with E-state index in [1.807, 2.05) is 0 Å². The lowest BCUT2D eigenvalue weighted by atomic mass is 10.1. The molecule has 1 atom stereocenters. The normalized spacial score (nSPS) is 13.0. The van der Waals surface area contributed by atoms with Gasteiger partial charge in [0.25, 0.3) is 0 Å². The first-order chi connectivity index (χ1) is 12.6. The molecule has 27 heavy (non-hydrogen) atoms. The highest BCUT2D eigenvalue weighted by Crippen LogP contribution is 2.38. The molecule has 1 unspecified atom stereocenters. The van der Waals surface area contributed by atoms with Gasteiger partial charge in [0.05, 0.1) is 10.6 Å². The first-order valence-electron chi connectivity index (χ1n) is 7.84. The Morgan fingerprint density at radius 3 is 2.56 bits per heavy atom. The van der Waals surface area contributed by atoms with Gasteiger partial charge >= 0.3 is 6.18 Å². The highest BCUT2D eigenvalue weighted by molar-refractivity contribution is 9.09. The van der Waals surface area contributed by atoms with Gasteiger partial charge in [-0.05, 0) is 42.8 Å². The van der Waals surface area contributed by atoms with Gasteiger partial charge in [-0.2, -0.15) is 13.2 Å². The summed E-state index contributed by atoms with van der Waals surface area (Å²) in [6.45, 7) is 1.77. The highest BCUT2D eigenvalue weighted by atomic mass is 79.9. The molecule has 2 aromatic carbocycles. The van der Waals surface area contributed by atoms with Crippen molar-refractivity contribution in [2.75, 3.05) is 11.4 Å². The van der Waals surface area contributed by atoms with Crippen LogP contribution < -0.4 is 4.90 Å². The van der Waals surface area contributed by atoms with E-state index in [1.54, 1.807) is 25.1 Å². The molecule has 2 rings (SSSR count). The number of hydrogen-bond donors (Lipinski definition) is 0. The molecule has 0 saturated heterocycles. The van der Waals surface area contributed by atoms with Gasteiger partial charge in [-0.1, -0.05) is 51.8 Å². The molecule has 0 radical (unpaired) electrons. The van der Waals surface area contributed by atoms with Crippen molar-refractivity contribution in [3.05, 3.63) is 76.6 Å². The standard InChI is InChI=1S/C19H15BrClF4NO/c1-2-3-9-26(14-7-8-16(21)15(11-14)19(23,24)25)18(27)17(20)12-5-4-6-13(22)10-12/h2-8,10-11,17H,9H2,1H3/b3-2+. The maximum absolute atomic E-state index is 13.4. The molecular weight excluding hydrogens is 450 g/mol. The quantitative estimate of drug-likeness (QED) is 0.279. The smallest absolute Gasteiger partial charge is 0.307 e. The Bertz CT molecular complexity index is 854. The topological polar surface area (TPSA) is 20.3 Å². The molecule has 0 spiro atoms. The van der Waals surface area contributed by atoms with Gasteiger partial charge in [0.2, 0.25) is 5.91 Å². The second kappa shape index (κ2) is 8.89. The average Bonchev–Trinajstić information content (AvgIpc) is 2.61. The molecule has 0 aliphatic carbocycles. The van der Waals surface area contributed by atoms with Crippen molar-refractivity contribution in [1.82, 2.24) is 0 Å². The molecule has 0 heterocycles. The fraction of sp³-hybridized carbons (Fsp3) is 0.211. The lowest BCUT2D eigenvalue weighted by molar-refractivity contribution is -0.137. The van der Waals surface area contributed by atoms with Gasteiger partial charge in [0.15, 0.2) is 0 Å². The summed E-state index contributed by atoms with van der Waals surface area (Å²) in [5.74, 6) is -1.05. The van der Waals surface area contributed by atoms with Gasteiger partial charge in [0, 0.05) is 12.2 Å². The summed E-state index contributed by atoms with van der Waals surface area (Å²) in [6, 6.07) is 8.69. The van der Waals surface area contributed by atoms with Gasteiger partial charge < -0.3 is 4.90 Å². The largest absolute Gasteiger partial charge is 0.417 e. The minimum atomic E-state index is -4.65. The molecule has 2 aromatic rings. The number of amides is 1. The number of benzene rings is 2. The van der Waals surface area contributed by atoms with Gasteiger partial charge in [-0.25, -0.2) is 4.39 Å². The average molecular weight is 465 g/mol. The van der Waals surface area contributed by atoms with E-state index in [0.29, 0.717) is 5.56 Å². The Morgan fingerprint density at radius 1 is 1.26 bits per heavy atom. The van der Waals surface area contributed by atoms with Crippen LogP contribution in [0.5, 0.6) is 0 Å². The van der Waals surface area contributed by atoms with E-state index in [4.69, 9.17) is 11.6 Å². The van der Waals surface area contributed by atoms with Crippen LogP contribution in [0.1, 0.15) is 22.9 Å². The monoisotopic (exact) mass is 463 g/mol. The molecule has 0 N–H and O–H groups in total. The minimum Gasteiger partial charge on any atom is -0.307 e. The number of carbonyl (C=O) groups is 1. The summed E-state index contributed by atoms with van der Waals surface area (Å²) in [5, 5.41) is -0.454. The molecule has 8 heteroatoms. The van der Waals surface area contributed by atoms with E-state index >= 15 is 0 Å². The van der Waals surface area contributed by atoms with Crippen molar-refractivity contribution in [3.63, 3.8) is 0 Å². The zero-order chi connectivity index (χ0) is 20.2. The van der Waals surface area contributed by atoms with E-state index in [2.05, 4.69) is 15.9 Å². The van der Waals surface area contributed by atoms with Crippen molar-refractivity contribution in [2.45, 2.75) is 17.9 Å². The van der Waals surface area contributed by atoms with Crippen LogP contribution in [0.25, 0.3) is 0 Å². The fourth-order valence-electron chi connectivity index (χ4n) is 2.38. The molecule has 0 aliphatic heterocycles. The number of rotatable bonds is 5. The number of alkyl halides is 4. The molecule has 0 bridgehead atoms. The number of halogens is 6. The third kappa shape index (κ3) is 5.32. The van der Waals surface area contributed by atoms with E-state index in [-0.39, 0.29) is 12.2 Å². The lowest BCUT2D eigenvalue weighted by Gasteiger charge is -2.25. The molecule has 0 fully saturated rings. The molecule has 0 saturated carbocycles. The molecule has 1 amide bonds. The Hall–Kier alpha value is -1.86. The van der Waals surface area contributed by atoms with Crippen LogP contribution in [-0.2, 0) is 11.0 Å². The second-order valence-corrected chi connectivity index (χ2v) is 6.92. The van der Waals surface area contributed by atoms with E-state index in [9.17, 15) is 22.4 Å². The first-order valence-corrected chi connectivity index (χ1v) is 9.13. The highest BCUT2D eigenvalue weighted by Gasteiger charge is 2.34. The van der Waals surface area contributed by atoms with Crippen LogP contribution in [0.2, 0.25) is 5.02 Å². The summed E-state index contributed by atoms with van der Waals surface area (Å²) in [7, 11) is 0. The van der Waals surface area contributed by atoms with Crippen LogP contribution in [0, 0.1) is 5.82 Å². The second-order valence-electron chi connectivity index (χ2n) is 5.60. The lowest BCUT2D eigenvalue weighted by Crippen LogP contribution is -2.34. The summed E-state index contributed by atoms with van der Waals surface area (Å²) >= 11 is 8.87. The summed E-state index contributed by atoms with van der Waals surface area (Å²) in [4.78, 5) is 13.2. The number of carbonyl (C=O) groups excluding carboxylic acids is 1. The third-order valence-corrected chi connectivity index (χ3v) is 4.96. The van der Waals surface area contributed by atoms with Gasteiger partial charge in [0.1, 0.15) is 10.6 Å². The summed E-state index contributed by atoms with van der Waals surface area (Å²) in [5.41, 5.74) is -0.636. The van der Waals surface area contributed by atoms with Crippen molar-refractivity contribution >= 4 is 39.1 Å². The Labute approximate surface area is 167 Å². The number of hydrogen-bond acceptors (Lipinski definition) is 1. The molecule has 0 aliphatic rings. The maximum Gasteiger partial charge on any atom is 0.417 e. The van der Waals surface area contributed by atoms with Crippen LogP contribution in [0.15, 0.2) is 54.6 Å². The van der Waals surface area contributed by atoms with Crippen molar-refractivity contribution in [2.24, 2.45) is 0 Å². The Balaban J connectivity index is 2.44. The van der Waals surface area contributed by atoms with Crippen molar-refractivity contribution < 1.29 is 22.4 Å². The van der Waals surface area contributed by atoms with Crippen LogP contribution in [0.4, 0.5) is 23.2 Å². The Kier molecular flexibility index (Phi) is 7.06. The molecular formula is C19H15BrClF4NO. The first kappa shape index (κ1) is 21.4. The van der Waals surface area contributed by atoms with Gasteiger partial charge in [-0.3, -0.25) is 4.79 Å². The van der Waals surface area contributed by atoms with Crippen molar-refractivity contribution in [3.8, 4) is 0 Å². The molecule has 0 aromatic heterocycles. The fourth-order valence-corrected chi connectivity index (χ4v) is 3.13. The molecule has 2 nitrogen and oxygen atoms in total. The predicted octanol–water partition coefficient (Wildman–Crippen LogP) is 6.54. The van der Waals surface area contributed by atoms with Crippen LogP contribution >= 0.6 is 27.5 Å². The SMILES string of the molecule is C/C=C/CN(C(=O)C(Br)c1cccc(F)c1)c1ccc(Cl)c(C(F)(F)F)c1. The summed E-state index contributed by atoms with van der Waals surface area (Å²) < 4.78 is 52.9. The van der Waals surface area contributed by atoms with E-state index < -0.39 is 33.3 Å². The number of allylic oxidation sites excluding steroid dienone is 1. The number of nitrogens with zero attached hydrogens (tertiary/aromatic N) is 1.